The van der Waals surface area contributed by atoms with Crippen molar-refractivity contribution >= 4 is 27.3 Å². The molecule has 0 aromatic carbocycles. The highest BCUT2D eigenvalue weighted by molar-refractivity contribution is 7.89. The molecule has 7 nitrogen and oxygen atoms in total. The molecule has 9 heteroatoms. The second-order valence-corrected chi connectivity index (χ2v) is 8.61. The number of nitrogens with one attached hydrogen (secondary N) is 2. The molecule has 1 aromatic heterocycles. The highest BCUT2D eigenvalue weighted by Gasteiger charge is 2.17. The van der Waals surface area contributed by atoms with Crippen molar-refractivity contribution in [3.8, 4) is 0 Å². The fourth-order valence-corrected chi connectivity index (χ4v) is 4.32. The number of aliphatic imine (C=N–C) groups is 1. The lowest BCUT2D eigenvalue weighted by atomic mass is 10.4. The molecule has 0 saturated carbocycles. The van der Waals surface area contributed by atoms with Crippen LogP contribution >= 0.6 is 11.3 Å². The van der Waals surface area contributed by atoms with Gasteiger partial charge >= 0.3 is 0 Å². The van der Waals surface area contributed by atoms with Crippen molar-refractivity contribution in [1.82, 2.24) is 19.9 Å². The highest BCUT2D eigenvalue weighted by atomic mass is 32.2. The lowest BCUT2D eigenvalue weighted by Gasteiger charge is -2.17. The highest BCUT2D eigenvalue weighted by Crippen LogP contribution is 2.10. The molecule has 0 bridgehead atoms. The van der Waals surface area contributed by atoms with Crippen LogP contribution in [0.5, 0.6) is 0 Å². The average Bonchev–Trinajstić information content (AvgIpc) is 2.93. The maximum absolute atomic E-state index is 12.1. The van der Waals surface area contributed by atoms with Crippen LogP contribution in [0.4, 0.5) is 0 Å². The van der Waals surface area contributed by atoms with Gasteiger partial charge in [-0.05, 0) is 13.8 Å². The molecule has 0 radical (unpaired) electrons. The smallest absolute Gasteiger partial charge is 0.215 e. The summed E-state index contributed by atoms with van der Waals surface area (Å²) in [4.78, 5) is 9.88. The van der Waals surface area contributed by atoms with Crippen LogP contribution in [0.2, 0.25) is 0 Å². The first-order chi connectivity index (χ1) is 11.4. The Hall–Kier alpha value is -1.19. The average molecular weight is 376 g/mol. The Labute approximate surface area is 149 Å². The SMILES string of the molecule is CCNC(=NCCS(=O)(=O)N(CC)CC)NCCc1ncc(C)s1. The van der Waals surface area contributed by atoms with Crippen LogP contribution in [-0.2, 0) is 16.4 Å². The fraction of sp³-hybridized carbons (Fsp3) is 0.733. The minimum absolute atomic E-state index is 0.0247. The molecule has 0 aliphatic heterocycles. The van der Waals surface area contributed by atoms with E-state index in [1.54, 1.807) is 11.3 Å². The third kappa shape index (κ3) is 7.14. The molecule has 0 aliphatic carbocycles. The van der Waals surface area contributed by atoms with Gasteiger partial charge in [-0.15, -0.1) is 11.3 Å². The number of guanidine groups is 1. The maximum atomic E-state index is 12.1. The summed E-state index contributed by atoms with van der Waals surface area (Å²) in [5, 5.41) is 7.43. The largest absolute Gasteiger partial charge is 0.357 e. The molecule has 0 spiro atoms. The molecule has 1 aromatic rings. The van der Waals surface area contributed by atoms with Gasteiger partial charge in [0.05, 0.1) is 17.3 Å². The van der Waals surface area contributed by atoms with Crippen LogP contribution < -0.4 is 10.6 Å². The second kappa shape index (κ2) is 10.6. The van der Waals surface area contributed by atoms with E-state index in [-0.39, 0.29) is 12.3 Å². The minimum Gasteiger partial charge on any atom is -0.357 e. The fourth-order valence-electron chi connectivity index (χ4n) is 2.17. The van der Waals surface area contributed by atoms with Gasteiger partial charge < -0.3 is 10.6 Å². The predicted molar refractivity (Wildman–Crippen MR) is 101 cm³/mol. The molecule has 2 N–H and O–H groups in total. The van der Waals surface area contributed by atoms with Crippen molar-refractivity contribution in [3.63, 3.8) is 0 Å². The van der Waals surface area contributed by atoms with Crippen LogP contribution in [0.25, 0.3) is 0 Å². The number of hydrogen-bond acceptors (Lipinski definition) is 5. The lowest BCUT2D eigenvalue weighted by Crippen LogP contribution is -2.39. The Morgan fingerprint density at radius 2 is 2.00 bits per heavy atom. The first-order valence-electron chi connectivity index (χ1n) is 8.34. The van der Waals surface area contributed by atoms with Gasteiger partial charge in [0.1, 0.15) is 0 Å². The van der Waals surface area contributed by atoms with E-state index in [0.29, 0.717) is 25.6 Å². The summed E-state index contributed by atoms with van der Waals surface area (Å²) in [7, 11) is -3.23. The van der Waals surface area contributed by atoms with E-state index < -0.39 is 10.0 Å². The van der Waals surface area contributed by atoms with E-state index in [1.165, 1.54) is 9.18 Å². The lowest BCUT2D eigenvalue weighted by molar-refractivity contribution is 0.445. The first kappa shape index (κ1) is 20.9. The van der Waals surface area contributed by atoms with Crippen LogP contribution in [0.15, 0.2) is 11.2 Å². The summed E-state index contributed by atoms with van der Waals surface area (Å²) < 4.78 is 25.8. The quantitative estimate of drug-likeness (QED) is 0.474. The molecule has 0 atom stereocenters. The molecule has 0 aliphatic rings. The topological polar surface area (TPSA) is 86.7 Å². The molecule has 1 heterocycles. The number of sulfonamides is 1. The van der Waals surface area contributed by atoms with Crippen molar-refractivity contribution in [2.75, 3.05) is 38.5 Å². The molecule has 0 amide bonds. The zero-order valence-electron chi connectivity index (χ0n) is 15.0. The van der Waals surface area contributed by atoms with Crippen LogP contribution in [-0.4, -0.2) is 62.1 Å². The van der Waals surface area contributed by atoms with Crippen molar-refractivity contribution in [1.29, 1.82) is 0 Å². The summed E-state index contributed by atoms with van der Waals surface area (Å²) in [6.07, 6.45) is 2.69. The van der Waals surface area contributed by atoms with E-state index in [4.69, 9.17) is 0 Å². The number of rotatable bonds is 10. The number of aromatic nitrogens is 1. The summed E-state index contributed by atoms with van der Waals surface area (Å²) >= 11 is 1.69. The third-order valence-corrected chi connectivity index (χ3v) is 6.34. The molecular formula is C15H29N5O2S2. The van der Waals surface area contributed by atoms with Gasteiger partial charge in [-0.3, -0.25) is 4.99 Å². The Morgan fingerprint density at radius 3 is 2.54 bits per heavy atom. The number of thiazole rings is 1. The van der Waals surface area contributed by atoms with E-state index in [2.05, 4.69) is 20.6 Å². The van der Waals surface area contributed by atoms with E-state index in [9.17, 15) is 8.42 Å². The van der Waals surface area contributed by atoms with Crippen LogP contribution in [0, 0.1) is 6.92 Å². The predicted octanol–water partition coefficient (Wildman–Crippen LogP) is 1.22. The van der Waals surface area contributed by atoms with Gasteiger partial charge in [0, 0.05) is 43.7 Å². The van der Waals surface area contributed by atoms with Crippen molar-refractivity contribution in [3.05, 3.63) is 16.1 Å². The minimum atomic E-state index is -3.23. The Kier molecular flexibility index (Phi) is 9.24. The summed E-state index contributed by atoms with van der Waals surface area (Å²) in [6.45, 7) is 10.4. The van der Waals surface area contributed by atoms with Crippen LogP contribution in [0.3, 0.4) is 0 Å². The van der Waals surface area contributed by atoms with Gasteiger partial charge in [-0.25, -0.2) is 17.7 Å². The van der Waals surface area contributed by atoms with Gasteiger partial charge in [-0.2, -0.15) is 0 Å². The molecule has 0 fully saturated rings. The summed E-state index contributed by atoms with van der Waals surface area (Å²) in [6, 6.07) is 0. The van der Waals surface area contributed by atoms with Crippen molar-refractivity contribution < 1.29 is 8.42 Å². The molecular weight excluding hydrogens is 346 g/mol. The van der Waals surface area contributed by atoms with Crippen molar-refractivity contribution in [2.24, 2.45) is 4.99 Å². The van der Waals surface area contributed by atoms with Crippen molar-refractivity contribution in [2.45, 2.75) is 34.1 Å². The normalized spacial score (nSPS) is 12.6. The third-order valence-electron chi connectivity index (χ3n) is 3.36. The van der Waals surface area contributed by atoms with Gasteiger partial charge in [0.25, 0.3) is 0 Å². The Morgan fingerprint density at radius 1 is 1.29 bits per heavy atom. The molecule has 0 saturated heterocycles. The summed E-state index contributed by atoms with van der Waals surface area (Å²) in [5.74, 6) is 0.664. The molecule has 1 rings (SSSR count). The van der Waals surface area contributed by atoms with Gasteiger partial charge in [0.2, 0.25) is 10.0 Å². The molecule has 24 heavy (non-hydrogen) atoms. The maximum Gasteiger partial charge on any atom is 0.215 e. The molecule has 138 valence electrons. The molecule has 0 unspecified atom stereocenters. The van der Waals surface area contributed by atoms with E-state index >= 15 is 0 Å². The zero-order valence-corrected chi connectivity index (χ0v) is 16.6. The Bertz CT molecular complexity index is 609. The summed E-state index contributed by atoms with van der Waals surface area (Å²) in [5.41, 5.74) is 0. The standard InChI is InChI=1S/C15H29N5O2S2/c1-5-16-15(17-9-8-14-19-12-13(4)23-14)18-10-11-24(21,22)20(6-2)7-3/h12H,5-11H2,1-4H3,(H2,16,17,18). The number of nitrogens with zero attached hydrogens (tertiary/aromatic N) is 3. The zero-order chi connectivity index (χ0) is 18.0. The van der Waals surface area contributed by atoms with Gasteiger partial charge in [-0.1, -0.05) is 13.8 Å². The second-order valence-electron chi connectivity index (χ2n) is 5.20. The van der Waals surface area contributed by atoms with E-state index in [0.717, 1.165) is 18.0 Å². The van der Waals surface area contributed by atoms with E-state index in [1.807, 2.05) is 33.9 Å². The number of hydrogen-bond donors (Lipinski definition) is 2. The monoisotopic (exact) mass is 375 g/mol. The first-order valence-corrected chi connectivity index (χ1v) is 10.8. The van der Waals surface area contributed by atoms with Crippen LogP contribution in [0.1, 0.15) is 30.7 Å². The van der Waals surface area contributed by atoms with Gasteiger partial charge in [0.15, 0.2) is 5.96 Å². The Balaban J connectivity index is 2.49. The number of aryl methyl sites for hydroxylation is 1.